The van der Waals surface area contributed by atoms with E-state index in [-0.39, 0.29) is 5.91 Å². The molecule has 0 fully saturated rings. The van der Waals surface area contributed by atoms with Crippen LogP contribution in [0.15, 0.2) is 54.6 Å². The van der Waals surface area contributed by atoms with Gasteiger partial charge in [0, 0.05) is 18.3 Å². The number of para-hydroxylation sites is 1. The summed E-state index contributed by atoms with van der Waals surface area (Å²) >= 11 is 0. The van der Waals surface area contributed by atoms with Gasteiger partial charge in [-0.05, 0) is 49.2 Å². The molecule has 0 radical (unpaired) electrons. The Morgan fingerprint density at radius 3 is 2.54 bits per heavy atom. The standard InChI is InChI=1S/C20H24N2O2/c1-3-14-24-19-12-10-16(15-18(19)21)11-13-20(23)22(4-2)17-8-6-5-7-9-17/h5-13,15H,3-4,14,21H2,1-2H3/b13-11-. The zero-order valence-electron chi connectivity index (χ0n) is 14.2. The van der Waals surface area contributed by atoms with Crippen molar-refractivity contribution in [2.45, 2.75) is 20.3 Å². The maximum atomic E-state index is 12.4. The van der Waals surface area contributed by atoms with Gasteiger partial charge in [0.2, 0.25) is 0 Å². The molecule has 1 amide bonds. The molecule has 24 heavy (non-hydrogen) atoms. The number of anilines is 2. The van der Waals surface area contributed by atoms with Crippen molar-refractivity contribution in [3.63, 3.8) is 0 Å². The molecule has 2 aromatic carbocycles. The van der Waals surface area contributed by atoms with Crippen LogP contribution in [0.2, 0.25) is 0 Å². The predicted molar refractivity (Wildman–Crippen MR) is 100 cm³/mol. The van der Waals surface area contributed by atoms with Crippen molar-refractivity contribution < 1.29 is 9.53 Å². The van der Waals surface area contributed by atoms with Gasteiger partial charge in [0.05, 0.1) is 12.3 Å². The second-order valence-corrected chi connectivity index (χ2v) is 5.40. The van der Waals surface area contributed by atoms with E-state index in [0.717, 1.165) is 17.7 Å². The van der Waals surface area contributed by atoms with Crippen LogP contribution in [-0.2, 0) is 4.79 Å². The number of nitrogens with two attached hydrogens (primary N) is 1. The number of rotatable bonds is 7. The molecule has 0 atom stereocenters. The summed E-state index contributed by atoms with van der Waals surface area (Å²) < 4.78 is 5.56. The van der Waals surface area contributed by atoms with E-state index in [1.54, 1.807) is 17.1 Å². The predicted octanol–water partition coefficient (Wildman–Crippen LogP) is 4.12. The SMILES string of the molecule is CCCOc1ccc(/C=C\C(=O)N(CC)c2ccccc2)cc1N. The summed E-state index contributed by atoms with van der Waals surface area (Å²) in [4.78, 5) is 14.1. The number of hydrogen-bond acceptors (Lipinski definition) is 3. The van der Waals surface area contributed by atoms with Gasteiger partial charge in [0.25, 0.3) is 5.91 Å². The van der Waals surface area contributed by atoms with Crippen LogP contribution in [0, 0.1) is 0 Å². The Hall–Kier alpha value is -2.75. The molecule has 4 nitrogen and oxygen atoms in total. The van der Waals surface area contributed by atoms with Gasteiger partial charge in [-0.1, -0.05) is 31.2 Å². The molecule has 0 heterocycles. The average molecular weight is 324 g/mol. The quantitative estimate of drug-likeness (QED) is 0.615. The van der Waals surface area contributed by atoms with Crippen LogP contribution in [0.1, 0.15) is 25.8 Å². The van der Waals surface area contributed by atoms with Gasteiger partial charge in [0.1, 0.15) is 5.75 Å². The highest BCUT2D eigenvalue weighted by Gasteiger charge is 2.10. The molecule has 0 saturated carbocycles. The lowest BCUT2D eigenvalue weighted by atomic mass is 10.1. The Morgan fingerprint density at radius 1 is 1.17 bits per heavy atom. The highest BCUT2D eigenvalue weighted by molar-refractivity contribution is 6.03. The van der Waals surface area contributed by atoms with Crippen LogP contribution in [0.3, 0.4) is 0 Å². The first-order valence-electron chi connectivity index (χ1n) is 8.22. The monoisotopic (exact) mass is 324 g/mol. The number of carbonyl (C=O) groups is 1. The molecular weight excluding hydrogens is 300 g/mol. The fraction of sp³-hybridized carbons (Fsp3) is 0.250. The first kappa shape index (κ1) is 17.6. The third kappa shape index (κ3) is 4.62. The number of nitrogens with zero attached hydrogens (tertiary/aromatic N) is 1. The average Bonchev–Trinajstić information content (AvgIpc) is 2.61. The lowest BCUT2D eigenvalue weighted by Gasteiger charge is -2.19. The van der Waals surface area contributed by atoms with E-state index in [2.05, 4.69) is 0 Å². The fourth-order valence-corrected chi connectivity index (χ4v) is 2.35. The lowest BCUT2D eigenvalue weighted by molar-refractivity contribution is -0.114. The van der Waals surface area contributed by atoms with Crippen molar-refractivity contribution >= 4 is 23.4 Å². The zero-order valence-corrected chi connectivity index (χ0v) is 14.2. The third-order valence-corrected chi connectivity index (χ3v) is 3.56. The Balaban J connectivity index is 2.09. The largest absolute Gasteiger partial charge is 0.491 e. The molecule has 0 aliphatic carbocycles. The molecule has 0 unspecified atom stereocenters. The molecule has 2 N–H and O–H groups in total. The van der Waals surface area contributed by atoms with E-state index in [4.69, 9.17) is 10.5 Å². The van der Waals surface area contributed by atoms with E-state index in [9.17, 15) is 4.79 Å². The molecule has 0 spiro atoms. The minimum absolute atomic E-state index is 0.0615. The van der Waals surface area contributed by atoms with Crippen LogP contribution in [-0.4, -0.2) is 19.1 Å². The van der Waals surface area contributed by atoms with E-state index >= 15 is 0 Å². The molecule has 2 rings (SSSR count). The Bertz CT molecular complexity index is 696. The first-order chi connectivity index (χ1) is 11.7. The Morgan fingerprint density at radius 2 is 1.92 bits per heavy atom. The first-order valence-corrected chi connectivity index (χ1v) is 8.22. The lowest BCUT2D eigenvalue weighted by Crippen LogP contribution is -2.28. The molecule has 0 saturated heterocycles. The van der Waals surface area contributed by atoms with Crippen LogP contribution < -0.4 is 15.4 Å². The van der Waals surface area contributed by atoms with Crippen LogP contribution >= 0.6 is 0 Å². The second kappa shape index (κ2) is 8.77. The van der Waals surface area contributed by atoms with Gasteiger partial charge in [-0.3, -0.25) is 4.79 Å². The molecule has 0 aromatic heterocycles. The molecular formula is C20H24N2O2. The number of hydrogen-bond donors (Lipinski definition) is 1. The van der Waals surface area contributed by atoms with Gasteiger partial charge in [-0.15, -0.1) is 0 Å². The van der Waals surface area contributed by atoms with Crippen LogP contribution in [0.4, 0.5) is 11.4 Å². The summed E-state index contributed by atoms with van der Waals surface area (Å²) in [6.07, 6.45) is 4.27. The topological polar surface area (TPSA) is 55.6 Å². The van der Waals surface area contributed by atoms with Crippen LogP contribution in [0.5, 0.6) is 5.75 Å². The number of ether oxygens (including phenoxy) is 1. The van der Waals surface area contributed by atoms with E-state index < -0.39 is 0 Å². The number of nitrogen functional groups attached to an aromatic ring is 1. The van der Waals surface area contributed by atoms with Gasteiger partial charge >= 0.3 is 0 Å². The van der Waals surface area contributed by atoms with E-state index in [0.29, 0.717) is 24.6 Å². The molecule has 4 heteroatoms. The smallest absolute Gasteiger partial charge is 0.250 e. The number of benzene rings is 2. The zero-order chi connectivity index (χ0) is 17.4. The molecule has 0 aliphatic rings. The summed E-state index contributed by atoms with van der Waals surface area (Å²) in [7, 11) is 0. The second-order valence-electron chi connectivity index (χ2n) is 5.40. The Labute approximate surface area is 143 Å². The third-order valence-electron chi connectivity index (χ3n) is 3.56. The van der Waals surface area contributed by atoms with Crippen LogP contribution in [0.25, 0.3) is 6.08 Å². The minimum atomic E-state index is -0.0615. The van der Waals surface area contributed by atoms with Crippen molar-refractivity contribution in [3.8, 4) is 5.75 Å². The molecule has 126 valence electrons. The molecule has 0 bridgehead atoms. The van der Waals surface area contributed by atoms with E-state index in [1.165, 1.54) is 0 Å². The number of likely N-dealkylation sites (N-methyl/N-ethyl adjacent to an activating group) is 1. The summed E-state index contributed by atoms with van der Waals surface area (Å²) in [6, 6.07) is 15.2. The highest BCUT2D eigenvalue weighted by atomic mass is 16.5. The van der Waals surface area contributed by atoms with Crippen molar-refractivity contribution in [2.75, 3.05) is 23.8 Å². The molecule has 0 aliphatic heterocycles. The summed E-state index contributed by atoms with van der Waals surface area (Å²) in [5, 5.41) is 0. The van der Waals surface area contributed by atoms with Gasteiger partial charge < -0.3 is 15.4 Å². The Kier molecular flexibility index (Phi) is 6.43. The maximum Gasteiger partial charge on any atom is 0.250 e. The van der Waals surface area contributed by atoms with Crippen molar-refractivity contribution in [1.82, 2.24) is 0 Å². The van der Waals surface area contributed by atoms with Crippen molar-refractivity contribution in [1.29, 1.82) is 0 Å². The summed E-state index contributed by atoms with van der Waals surface area (Å²) in [5.41, 5.74) is 8.32. The van der Waals surface area contributed by atoms with Crippen molar-refractivity contribution in [2.24, 2.45) is 0 Å². The van der Waals surface area contributed by atoms with Crippen molar-refractivity contribution in [3.05, 3.63) is 60.2 Å². The van der Waals surface area contributed by atoms with E-state index in [1.807, 2.05) is 62.4 Å². The number of amides is 1. The maximum absolute atomic E-state index is 12.4. The highest BCUT2D eigenvalue weighted by Crippen LogP contribution is 2.23. The summed E-state index contributed by atoms with van der Waals surface area (Å²) in [6.45, 7) is 5.25. The number of carbonyl (C=O) groups excluding carboxylic acids is 1. The van der Waals surface area contributed by atoms with Gasteiger partial charge in [-0.25, -0.2) is 0 Å². The summed E-state index contributed by atoms with van der Waals surface area (Å²) in [5.74, 6) is 0.619. The minimum Gasteiger partial charge on any atom is -0.491 e. The van der Waals surface area contributed by atoms with Gasteiger partial charge in [-0.2, -0.15) is 0 Å². The molecule has 2 aromatic rings. The normalized spacial score (nSPS) is 10.8. The van der Waals surface area contributed by atoms with Gasteiger partial charge in [0.15, 0.2) is 0 Å². The fourth-order valence-electron chi connectivity index (χ4n) is 2.35.